The van der Waals surface area contributed by atoms with E-state index in [-0.39, 0.29) is 0 Å². The third-order valence-corrected chi connectivity index (χ3v) is 2.86. The zero-order valence-electron chi connectivity index (χ0n) is 10.5. The number of nitrogens with zero attached hydrogens (tertiary/aromatic N) is 2. The molecule has 2 aromatic heterocycles. The van der Waals surface area contributed by atoms with Gasteiger partial charge in [-0.15, -0.1) is 0 Å². The molecule has 1 unspecified atom stereocenters. The van der Waals surface area contributed by atoms with Crippen LogP contribution in [-0.2, 0) is 19.9 Å². The molecule has 1 N–H and O–H groups in total. The van der Waals surface area contributed by atoms with Gasteiger partial charge in [0, 0.05) is 25.6 Å². The summed E-state index contributed by atoms with van der Waals surface area (Å²) in [6.07, 6.45) is 0.760. The minimum atomic E-state index is -0.606. The van der Waals surface area contributed by atoms with E-state index in [1.165, 1.54) is 0 Å². The molecule has 1 atom stereocenters. The summed E-state index contributed by atoms with van der Waals surface area (Å²) in [5.41, 5.74) is 1.97. The van der Waals surface area contributed by atoms with Gasteiger partial charge in [0.1, 0.15) is 17.6 Å². The summed E-state index contributed by atoms with van der Waals surface area (Å²) in [5, 5.41) is 14.3. The van der Waals surface area contributed by atoms with Crippen molar-refractivity contribution in [3.05, 3.63) is 41.1 Å². The average molecular weight is 234 g/mol. The lowest BCUT2D eigenvalue weighted by Crippen LogP contribution is -2.05. The molecule has 0 saturated carbocycles. The first-order valence-electron chi connectivity index (χ1n) is 5.86. The first kappa shape index (κ1) is 11.9. The number of aliphatic hydroxyl groups excluding tert-OH is 1. The monoisotopic (exact) mass is 234 g/mol. The van der Waals surface area contributed by atoms with E-state index in [4.69, 9.17) is 4.42 Å². The van der Waals surface area contributed by atoms with Gasteiger partial charge >= 0.3 is 0 Å². The first-order chi connectivity index (χ1) is 8.10. The van der Waals surface area contributed by atoms with Gasteiger partial charge in [-0.25, -0.2) is 0 Å². The van der Waals surface area contributed by atoms with E-state index in [1.54, 1.807) is 4.68 Å². The van der Waals surface area contributed by atoms with Crippen LogP contribution in [-0.4, -0.2) is 14.9 Å². The van der Waals surface area contributed by atoms with Crippen LogP contribution in [0.2, 0.25) is 0 Å². The highest BCUT2D eigenvalue weighted by atomic mass is 16.4. The van der Waals surface area contributed by atoms with Gasteiger partial charge in [0.15, 0.2) is 0 Å². The highest BCUT2D eigenvalue weighted by Crippen LogP contribution is 2.21. The van der Waals surface area contributed by atoms with E-state index in [0.717, 1.165) is 23.6 Å². The van der Waals surface area contributed by atoms with Crippen LogP contribution in [0.25, 0.3) is 0 Å². The molecule has 0 fully saturated rings. The molecule has 0 spiro atoms. The molecule has 2 rings (SSSR count). The molecule has 0 aliphatic carbocycles. The number of hydrogen-bond acceptors (Lipinski definition) is 3. The number of furan rings is 1. The minimum Gasteiger partial charge on any atom is -0.463 e. The van der Waals surface area contributed by atoms with Crippen molar-refractivity contribution in [3.8, 4) is 0 Å². The fraction of sp³-hybridized carbons (Fsp3) is 0.462. The van der Waals surface area contributed by atoms with Crippen molar-refractivity contribution in [1.29, 1.82) is 0 Å². The van der Waals surface area contributed by atoms with Gasteiger partial charge in [-0.05, 0) is 25.1 Å². The maximum atomic E-state index is 10.1. The Balaban J connectivity index is 2.10. The molecule has 4 heteroatoms. The van der Waals surface area contributed by atoms with E-state index in [9.17, 15) is 5.11 Å². The predicted octanol–water partition coefficient (Wildman–Crippen LogP) is 2.16. The fourth-order valence-electron chi connectivity index (χ4n) is 1.92. The highest BCUT2D eigenvalue weighted by Gasteiger charge is 2.15. The summed E-state index contributed by atoms with van der Waals surface area (Å²) in [5.74, 6) is 1.53. The molecule has 2 aromatic rings. The second-order valence-electron chi connectivity index (χ2n) is 4.28. The summed E-state index contributed by atoms with van der Waals surface area (Å²) in [6, 6.07) is 5.73. The Bertz CT molecular complexity index is 499. The zero-order chi connectivity index (χ0) is 12.4. The molecule has 0 radical (unpaired) electrons. The summed E-state index contributed by atoms with van der Waals surface area (Å²) in [6.45, 7) is 3.97. The summed E-state index contributed by atoms with van der Waals surface area (Å²) in [7, 11) is 1.88. The molecule has 0 saturated heterocycles. The van der Waals surface area contributed by atoms with Crippen LogP contribution in [0.4, 0.5) is 0 Å². The molecule has 17 heavy (non-hydrogen) atoms. The highest BCUT2D eigenvalue weighted by molar-refractivity contribution is 5.14. The van der Waals surface area contributed by atoms with Gasteiger partial charge in [0.25, 0.3) is 0 Å². The van der Waals surface area contributed by atoms with E-state index >= 15 is 0 Å². The van der Waals surface area contributed by atoms with Crippen LogP contribution >= 0.6 is 0 Å². The third kappa shape index (κ3) is 2.58. The van der Waals surface area contributed by atoms with Crippen molar-refractivity contribution < 1.29 is 9.52 Å². The normalized spacial score (nSPS) is 12.9. The van der Waals surface area contributed by atoms with Gasteiger partial charge < -0.3 is 9.52 Å². The molecule has 0 aromatic carbocycles. The quantitative estimate of drug-likeness (QED) is 0.882. The Labute approximate surface area is 101 Å². The van der Waals surface area contributed by atoms with E-state index in [1.807, 2.05) is 39.1 Å². The predicted molar refractivity (Wildman–Crippen MR) is 64.7 cm³/mol. The number of rotatable bonds is 4. The third-order valence-electron chi connectivity index (χ3n) is 2.86. The van der Waals surface area contributed by atoms with Gasteiger partial charge in [0.05, 0.1) is 5.69 Å². The van der Waals surface area contributed by atoms with Crippen molar-refractivity contribution >= 4 is 0 Å². The number of aromatic nitrogens is 2. The van der Waals surface area contributed by atoms with E-state index in [0.29, 0.717) is 12.2 Å². The van der Waals surface area contributed by atoms with Crippen LogP contribution in [0, 0.1) is 6.92 Å². The van der Waals surface area contributed by atoms with Gasteiger partial charge in [-0.3, -0.25) is 4.68 Å². The topological polar surface area (TPSA) is 51.2 Å². The number of aryl methyl sites for hydroxylation is 3. The Morgan fingerprint density at radius 3 is 2.76 bits per heavy atom. The molecule has 0 aliphatic rings. The molecular formula is C13H18N2O2. The second kappa shape index (κ2) is 4.75. The van der Waals surface area contributed by atoms with E-state index < -0.39 is 6.10 Å². The van der Waals surface area contributed by atoms with Crippen molar-refractivity contribution in [2.75, 3.05) is 0 Å². The van der Waals surface area contributed by atoms with Crippen LogP contribution in [0.15, 0.2) is 22.6 Å². The van der Waals surface area contributed by atoms with Crippen molar-refractivity contribution in [1.82, 2.24) is 9.78 Å². The molecular weight excluding hydrogens is 216 g/mol. The lowest BCUT2D eigenvalue weighted by Gasteiger charge is -2.07. The fourth-order valence-corrected chi connectivity index (χ4v) is 1.92. The summed E-state index contributed by atoms with van der Waals surface area (Å²) < 4.78 is 7.33. The van der Waals surface area contributed by atoms with Crippen molar-refractivity contribution in [3.63, 3.8) is 0 Å². The Kier molecular flexibility index (Phi) is 3.33. The van der Waals surface area contributed by atoms with Crippen LogP contribution < -0.4 is 0 Å². The number of aliphatic hydroxyl groups is 1. The zero-order valence-corrected chi connectivity index (χ0v) is 10.5. The second-order valence-corrected chi connectivity index (χ2v) is 4.28. The van der Waals surface area contributed by atoms with Crippen LogP contribution in [0.5, 0.6) is 0 Å². The molecule has 2 heterocycles. The van der Waals surface area contributed by atoms with Gasteiger partial charge in [-0.1, -0.05) is 6.92 Å². The lowest BCUT2D eigenvalue weighted by molar-refractivity contribution is 0.146. The standard InChI is InChI=1S/C13H18N2O2/c1-4-11-5-6-13(17-11)12(16)8-10-7-9(2)14-15(10)3/h5-7,12,16H,4,8H2,1-3H3. The maximum absolute atomic E-state index is 10.1. The van der Waals surface area contributed by atoms with Crippen LogP contribution in [0.3, 0.4) is 0 Å². The first-order valence-corrected chi connectivity index (χ1v) is 5.86. The number of hydrogen-bond donors (Lipinski definition) is 1. The Morgan fingerprint density at radius 1 is 1.47 bits per heavy atom. The average Bonchev–Trinajstić information content (AvgIpc) is 2.86. The summed E-state index contributed by atoms with van der Waals surface area (Å²) in [4.78, 5) is 0. The smallest absolute Gasteiger partial charge is 0.133 e. The minimum absolute atomic E-state index is 0.522. The molecule has 0 amide bonds. The van der Waals surface area contributed by atoms with Gasteiger partial charge in [-0.2, -0.15) is 5.10 Å². The van der Waals surface area contributed by atoms with Crippen LogP contribution in [0.1, 0.15) is 35.9 Å². The molecule has 0 aliphatic heterocycles. The van der Waals surface area contributed by atoms with Gasteiger partial charge in [0.2, 0.25) is 0 Å². The summed E-state index contributed by atoms with van der Waals surface area (Å²) >= 11 is 0. The molecule has 0 bridgehead atoms. The largest absolute Gasteiger partial charge is 0.463 e. The SMILES string of the molecule is CCc1ccc(C(O)Cc2cc(C)nn2C)o1. The van der Waals surface area contributed by atoms with E-state index in [2.05, 4.69) is 5.10 Å². The Hall–Kier alpha value is -1.55. The maximum Gasteiger partial charge on any atom is 0.133 e. The lowest BCUT2D eigenvalue weighted by atomic mass is 10.1. The van der Waals surface area contributed by atoms with Crippen molar-refractivity contribution in [2.24, 2.45) is 7.05 Å². The van der Waals surface area contributed by atoms with Crippen molar-refractivity contribution in [2.45, 2.75) is 32.8 Å². The molecule has 4 nitrogen and oxygen atoms in total. The Morgan fingerprint density at radius 2 is 2.24 bits per heavy atom. The molecule has 92 valence electrons.